The number of esters is 1. The monoisotopic (exact) mass is 305 g/mol. The van der Waals surface area contributed by atoms with Crippen molar-refractivity contribution in [1.82, 2.24) is 4.90 Å². The van der Waals surface area contributed by atoms with Crippen LogP contribution in [-0.4, -0.2) is 40.6 Å². The predicted octanol–water partition coefficient (Wildman–Crippen LogP) is 2.13. The van der Waals surface area contributed by atoms with Gasteiger partial charge in [0, 0.05) is 12.1 Å². The van der Waals surface area contributed by atoms with Gasteiger partial charge in [-0.3, -0.25) is 4.79 Å². The van der Waals surface area contributed by atoms with E-state index in [0.717, 1.165) is 24.8 Å². The third kappa shape index (κ3) is 3.85. The summed E-state index contributed by atoms with van der Waals surface area (Å²) in [4.78, 5) is 26.0. The van der Waals surface area contributed by atoms with Gasteiger partial charge in [0.2, 0.25) is 0 Å². The van der Waals surface area contributed by atoms with Gasteiger partial charge in [0.15, 0.2) is 6.61 Å². The van der Waals surface area contributed by atoms with E-state index in [0.29, 0.717) is 5.56 Å². The first kappa shape index (κ1) is 16.5. The summed E-state index contributed by atoms with van der Waals surface area (Å²) in [5.74, 6) is -0.657. The molecule has 1 aliphatic heterocycles. The number of likely N-dealkylation sites (tertiary alicyclic amines) is 1. The van der Waals surface area contributed by atoms with Crippen LogP contribution in [0, 0.1) is 0 Å². The number of hydrogen-bond acceptors (Lipinski definition) is 4. The van der Waals surface area contributed by atoms with Crippen molar-refractivity contribution in [2.45, 2.75) is 51.8 Å². The maximum atomic E-state index is 12.3. The summed E-state index contributed by atoms with van der Waals surface area (Å²) >= 11 is 0. The lowest BCUT2D eigenvalue weighted by Crippen LogP contribution is -2.49. The molecule has 1 aliphatic rings. The van der Waals surface area contributed by atoms with Gasteiger partial charge in [-0.25, -0.2) is 4.79 Å². The first-order valence-electron chi connectivity index (χ1n) is 7.71. The Balaban J connectivity index is 1.90. The number of carbonyl (C=O) groups excluding carboxylic acids is 2. The van der Waals surface area contributed by atoms with E-state index in [1.807, 2.05) is 18.7 Å². The van der Waals surface area contributed by atoms with Crippen molar-refractivity contribution in [3.63, 3.8) is 0 Å². The summed E-state index contributed by atoms with van der Waals surface area (Å²) in [7, 11) is 0. The topological polar surface area (TPSA) is 66.8 Å². The zero-order chi connectivity index (χ0) is 16.1. The number of carbonyl (C=O) groups is 2. The van der Waals surface area contributed by atoms with Crippen molar-refractivity contribution in [2.75, 3.05) is 6.61 Å². The quantitative estimate of drug-likeness (QED) is 0.865. The normalized spacial score (nSPS) is 21.5. The van der Waals surface area contributed by atoms with Crippen LogP contribution in [0.4, 0.5) is 0 Å². The highest BCUT2D eigenvalue weighted by atomic mass is 16.5. The molecule has 0 aliphatic carbocycles. The van der Waals surface area contributed by atoms with E-state index in [4.69, 9.17) is 9.84 Å². The smallest absolute Gasteiger partial charge is 0.338 e. The molecule has 0 unspecified atom stereocenters. The third-order valence-corrected chi connectivity index (χ3v) is 4.18. The summed E-state index contributed by atoms with van der Waals surface area (Å²) in [6.07, 6.45) is 3.11. The fourth-order valence-corrected chi connectivity index (χ4v) is 2.94. The van der Waals surface area contributed by atoms with Crippen molar-refractivity contribution in [1.29, 1.82) is 0 Å². The summed E-state index contributed by atoms with van der Waals surface area (Å²) in [6.45, 7) is 3.76. The predicted molar refractivity (Wildman–Crippen MR) is 82.3 cm³/mol. The Morgan fingerprint density at radius 1 is 1.18 bits per heavy atom. The molecular formula is C17H23NO4. The first-order chi connectivity index (χ1) is 10.5. The van der Waals surface area contributed by atoms with Gasteiger partial charge >= 0.3 is 5.97 Å². The number of hydrogen-bond donors (Lipinski definition) is 1. The van der Waals surface area contributed by atoms with Gasteiger partial charge in [-0.05, 0) is 50.8 Å². The average Bonchev–Trinajstić information content (AvgIpc) is 2.52. The molecule has 1 saturated heterocycles. The van der Waals surface area contributed by atoms with E-state index < -0.39 is 5.97 Å². The number of amides is 1. The highest BCUT2D eigenvalue weighted by molar-refractivity contribution is 5.91. The molecule has 0 bridgehead atoms. The molecule has 0 spiro atoms. The Kier molecular flexibility index (Phi) is 5.55. The summed E-state index contributed by atoms with van der Waals surface area (Å²) in [5, 5.41) is 8.97. The van der Waals surface area contributed by atoms with Gasteiger partial charge in [-0.15, -0.1) is 0 Å². The number of benzene rings is 1. The number of piperidine rings is 1. The molecule has 22 heavy (non-hydrogen) atoms. The van der Waals surface area contributed by atoms with Crippen molar-refractivity contribution >= 4 is 11.9 Å². The molecule has 1 N–H and O–H groups in total. The van der Waals surface area contributed by atoms with Crippen LogP contribution in [0.3, 0.4) is 0 Å². The highest BCUT2D eigenvalue weighted by Gasteiger charge is 2.29. The van der Waals surface area contributed by atoms with E-state index >= 15 is 0 Å². The summed E-state index contributed by atoms with van der Waals surface area (Å²) < 4.78 is 5.12. The fraction of sp³-hybridized carbons (Fsp3) is 0.529. The fourth-order valence-electron chi connectivity index (χ4n) is 2.94. The number of nitrogens with zero attached hydrogens (tertiary/aromatic N) is 1. The van der Waals surface area contributed by atoms with E-state index in [1.54, 1.807) is 24.3 Å². The van der Waals surface area contributed by atoms with Gasteiger partial charge in [0.05, 0.1) is 12.2 Å². The molecule has 1 aromatic carbocycles. The van der Waals surface area contributed by atoms with Crippen molar-refractivity contribution in [3.05, 3.63) is 35.4 Å². The standard InChI is InChI=1S/C17H23NO4/c1-12-4-3-5-13(2)18(12)16(20)11-22-17(21)15-8-6-14(10-19)7-9-15/h6-9,12-13,19H,3-5,10-11H2,1-2H3/t12-,13+. The van der Waals surface area contributed by atoms with Crippen molar-refractivity contribution in [2.24, 2.45) is 0 Å². The van der Waals surface area contributed by atoms with Crippen LogP contribution in [0.2, 0.25) is 0 Å². The molecule has 5 nitrogen and oxygen atoms in total. The molecule has 1 fully saturated rings. The maximum absolute atomic E-state index is 12.3. The maximum Gasteiger partial charge on any atom is 0.338 e. The van der Waals surface area contributed by atoms with Gasteiger partial charge in [-0.1, -0.05) is 12.1 Å². The molecule has 1 heterocycles. The second-order valence-electron chi connectivity index (χ2n) is 5.86. The molecule has 1 aromatic rings. The average molecular weight is 305 g/mol. The van der Waals surface area contributed by atoms with Gasteiger partial charge < -0.3 is 14.7 Å². The minimum absolute atomic E-state index is 0.0709. The van der Waals surface area contributed by atoms with Crippen LogP contribution in [0.1, 0.15) is 49.0 Å². The number of ether oxygens (including phenoxy) is 1. The second-order valence-corrected chi connectivity index (χ2v) is 5.86. The van der Waals surface area contributed by atoms with Crippen LogP contribution < -0.4 is 0 Å². The Labute approximate surface area is 130 Å². The Bertz CT molecular complexity index is 516. The lowest BCUT2D eigenvalue weighted by Gasteiger charge is -2.38. The molecular weight excluding hydrogens is 282 g/mol. The Morgan fingerprint density at radius 2 is 1.77 bits per heavy atom. The van der Waals surface area contributed by atoms with Crippen molar-refractivity contribution < 1.29 is 19.4 Å². The van der Waals surface area contributed by atoms with Crippen LogP contribution in [0.15, 0.2) is 24.3 Å². The summed E-state index contributed by atoms with van der Waals surface area (Å²) in [5.41, 5.74) is 1.10. The van der Waals surface area contributed by atoms with Crippen LogP contribution in [0.25, 0.3) is 0 Å². The molecule has 2 rings (SSSR count). The lowest BCUT2D eigenvalue weighted by atomic mass is 9.97. The summed E-state index contributed by atoms with van der Waals surface area (Å²) in [6, 6.07) is 6.88. The largest absolute Gasteiger partial charge is 0.452 e. The van der Waals surface area contributed by atoms with Crippen molar-refractivity contribution in [3.8, 4) is 0 Å². The molecule has 0 aromatic heterocycles. The number of aliphatic hydroxyl groups is 1. The minimum Gasteiger partial charge on any atom is -0.452 e. The molecule has 0 saturated carbocycles. The molecule has 2 atom stereocenters. The van der Waals surface area contributed by atoms with Gasteiger partial charge in [0.25, 0.3) is 5.91 Å². The first-order valence-corrected chi connectivity index (χ1v) is 7.71. The Hall–Kier alpha value is -1.88. The second kappa shape index (κ2) is 7.40. The molecule has 0 radical (unpaired) electrons. The molecule has 120 valence electrons. The number of aliphatic hydroxyl groups excluding tert-OH is 1. The Morgan fingerprint density at radius 3 is 2.32 bits per heavy atom. The van der Waals surface area contributed by atoms with Crippen LogP contribution >= 0.6 is 0 Å². The lowest BCUT2D eigenvalue weighted by molar-refractivity contribution is -0.140. The molecule has 5 heteroatoms. The third-order valence-electron chi connectivity index (χ3n) is 4.18. The van der Waals surface area contributed by atoms with Crippen LogP contribution in [0.5, 0.6) is 0 Å². The van der Waals surface area contributed by atoms with E-state index in [-0.39, 0.29) is 31.2 Å². The van der Waals surface area contributed by atoms with E-state index in [9.17, 15) is 9.59 Å². The number of rotatable bonds is 4. The van der Waals surface area contributed by atoms with E-state index in [2.05, 4.69) is 0 Å². The van der Waals surface area contributed by atoms with Crippen LogP contribution in [-0.2, 0) is 16.1 Å². The SMILES string of the molecule is C[C@@H]1CCC[C@H](C)N1C(=O)COC(=O)c1ccc(CO)cc1. The molecule has 1 amide bonds. The van der Waals surface area contributed by atoms with Gasteiger partial charge in [0.1, 0.15) is 0 Å². The van der Waals surface area contributed by atoms with Gasteiger partial charge in [-0.2, -0.15) is 0 Å². The zero-order valence-electron chi connectivity index (χ0n) is 13.1. The minimum atomic E-state index is -0.518. The van der Waals surface area contributed by atoms with E-state index in [1.165, 1.54) is 0 Å². The highest BCUT2D eigenvalue weighted by Crippen LogP contribution is 2.22. The zero-order valence-corrected chi connectivity index (χ0v) is 13.1.